The lowest BCUT2D eigenvalue weighted by molar-refractivity contribution is 0.169. The van der Waals surface area contributed by atoms with E-state index in [4.69, 9.17) is 37.0 Å². The number of rotatable bonds is 28. The van der Waals surface area contributed by atoms with E-state index >= 15 is 0 Å². The summed E-state index contributed by atoms with van der Waals surface area (Å²) in [6, 6.07) is 53.9. The lowest BCUT2D eigenvalue weighted by Gasteiger charge is -2.33. The van der Waals surface area contributed by atoms with E-state index in [1.807, 2.05) is 132 Å². The monoisotopic (exact) mass is 2040 g/mol. The molecule has 3 aliphatic heterocycles. The van der Waals surface area contributed by atoms with Crippen LogP contribution in [0.25, 0.3) is 91.4 Å². The molecule has 774 valence electrons. The van der Waals surface area contributed by atoms with Crippen molar-refractivity contribution in [2.75, 3.05) is 84.2 Å². The Hall–Kier alpha value is -14.2. The quantitative estimate of drug-likeness (QED) is 0.0354. The second-order valence-electron chi connectivity index (χ2n) is 40.6. The number of hydrogen-bond donors (Lipinski definition) is 4. The Morgan fingerprint density at radius 2 is 0.750 bits per heavy atom. The number of hydrogen-bond acceptors (Lipinski definition) is 29. The maximum Gasteiger partial charge on any atom is 0.317 e. The highest BCUT2D eigenvalue weighted by atomic mass is 32.2. The third-order valence-corrected chi connectivity index (χ3v) is 30.1. The van der Waals surface area contributed by atoms with Gasteiger partial charge < -0.3 is 72.6 Å². The van der Waals surface area contributed by atoms with Crippen molar-refractivity contribution in [1.29, 1.82) is 21.0 Å². The second kappa shape index (κ2) is 48.2. The minimum atomic E-state index is -3.43. The van der Waals surface area contributed by atoms with Crippen molar-refractivity contribution in [2.45, 2.75) is 227 Å². The summed E-state index contributed by atoms with van der Waals surface area (Å²) in [5.74, 6) is 6.87. The molecule has 7 aliphatic rings. The number of sulfonamides is 1. The maximum atomic E-state index is 13.1. The number of urea groups is 2. The summed E-state index contributed by atoms with van der Waals surface area (Å²) in [6.45, 7) is 25.8. The van der Waals surface area contributed by atoms with E-state index in [9.17, 15) is 47.5 Å². The second-order valence-corrected chi connectivity index (χ2v) is 44.7. The molecule has 0 spiro atoms. The molecule has 0 bridgehead atoms. The number of piperidine rings is 1. The molecule has 0 saturated carbocycles. The van der Waals surface area contributed by atoms with Crippen LogP contribution in [0.5, 0.6) is 23.0 Å². The number of nitriles is 4. The highest BCUT2D eigenvalue weighted by Gasteiger charge is 2.36. The van der Waals surface area contributed by atoms with Crippen LogP contribution >= 0.6 is 0 Å². The molecule has 3 saturated heterocycles. The number of amides is 4. The fraction of sp³-hybridized carbons (Fsp3) is 0.446. The van der Waals surface area contributed by atoms with Crippen LogP contribution in [-0.4, -0.2) is 204 Å². The molecule has 7 heterocycles. The first-order chi connectivity index (χ1) is 71.2. The standard InChI is InChI=1S/C29H34N6O3.C29H35N5O4S.C29H33N5O3.C25H28N4O4S/c1-18(2)37-26-12-11-19(15-20(26)16-30)28-32-27(33-38-28)24-9-5-8-23-22(24)7-6-10-25(23)31-29(36)35-14-13-21(17-35)34(3)4;1-19(2)37-27-11-10-21(16-22(27)17-30)29-31-28(32-38-29)25-8-4-7-24-23(25)6-5-9-26(24)33-39(35,36)15-14-34-13-12-20(3)18-34;1-18(2)36-26-11-10-20(16-21(26)17-30)28-32-27(33-37-28)24-8-4-7-23-22(24)6-5-9-25(23)31-29(35)34-14-12-19(3)13-15-34;1-16(2)32-23-11-10-17(14-18(23)15-26)25-28-24(29-33-25)21-8-4-7-20-19(21)6-5-9-22(20)27-12-13-34(3,30)31/h5,8-9,11-12,15,18,21,25H,6-7,10,13-14,17H2,1-4H3,(H,31,36);4,7-8,10-11,16,19-20,26,33H,5-6,9,12-15,18H2,1-3H3;4,7-8,10-11,16,18-19,25H,5-6,9,12-15H2,1-3H3,(H,31,35);4,7-8,10-11,14,16,22,27H,5-6,9,12-13H2,1-3H3/t21-,25-;20-,26-;25-;22-/m1111/s1. The van der Waals surface area contributed by atoms with E-state index in [-0.39, 0.29) is 72.2 Å². The van der Waals surface area contributed by atoms with Gasteiger partial charge in [-0.1, -0.05) is 107 Å². The van der Waals surface area contributed by atoms with Crippen LogP contribution in [0.1, 0.15) is 237 Å². The molecule has 4 aromatic heterocycles. The molecule has 148 heavy (non-hydrogen) atoms. The van der Waals surface area contributed by atoms with Crippen LogP contribution in [0.2, 0.25) is 0 Å². The number of fused-ring (bicyclic) bond motifs is 4. The topological polar surface area (TPSA) is 451 Å². The van der Waals surface area contributed by atoms with Crippen LogP contribution in [0.3, 0.4) is 0 Å². The zero-order chi connectivity index (χ0) is 105. The smallest absolute Gasteiger partial charge is 0.317 e. The molecular weight excluding hydrogens is 1910 g/mol. The molecule has 0 radical (unpaired) electrons. The Morgan fingerprint density at radius 3 is 1.08 bits per heavy atom. The third kappa shape index (κ3) is 26.5. The van der Waals surface area contributed by atoms with Crippen molar-refractivity contribution in [3.8, 4) is 139 Å². The Bertz CT molecular complexity index is 7160. The minimum absolute atomic E-state index is 0.00218. The summed E-state index contributed by atoms with van der Waals surface area (Å²) in [5, 5.41) is 65.2. The first-order valence-corrected chi connectivity index (χ1v) is 55.0. The number of likely N-dealkylation sites (tertiary alicyclic amines) is 3. The van der Waals surface area contributed by atoms with Crippen molar-refractivity contribution in [1.82, 2.24) is 80.8 Å². The van der Waals surface area contributed by atoms with Gasteiger partial charge in [-0.2, -0.15) is 41.0 Å². The largest absolute Gasteiger partial charge is 0.490 e. The molecule has 36 heteroatoms. The van der Waals surface area contributed by atoms with Gasteiger partial charge in [0.15, 0.2) is 0 Å². The molecular formula is C112H130N20O14S2. The average Bonchev–Trinajstić information content (AvgIpc) is 1.51. The van der Waals surface area contributed by atoms with Gasteiger partial charge in [0.25, 0.3) is 23.6 Å². The van der Waals surface area contributed by atoms with Crippen LogP contribution in [0.15, 0.2) is 164 Å². The third-order valence-electron chi connectivity index (χ3n) is 27.8. The molecule has 4 aliphatic carbocycles. The summed E-state index contributed by atoms with van der Waals surface area (Å²) >= 11 is 0. The molecule has 12 aromatic rings. The van der Waals surface area contributed by atoms with Crippen molar-refractivity contribution in [3.63, 3.8) is 0 Å². The molecule has 0 unspecified atom stereocenters. The van der Waals surface area contributed by atoms with Crippen LogP contribution in [0.4, 0.5) is 9.59 Å². The molecule has 8 aromatic carbocycles. The first kappa shape index (κ1) is 107. The highest BCUT2D eigenvalue weighted by molar-refractivity contribution is 7.90. The number of likely N-dealkylation sites (N-methyl/N-ethyl adjacent to an activating group) is 1. The molecule has 4 N–H and O–H groups in total. The van der Waals surface area contributed by atoms with Crippen molar-refractivity contribution < 1.29 is 63.5 Å². The molecule has 6 atom stereocenters. The van der Waals surface area contributed by atoms with Gasteiger partial charge in [-0.15, -0.1) is 0 Å². The van der Waals surface area contributed by atoms with Gasteiger partial charge in [-0.25, -0.2) is 31.1 Å². The number of nitrogens with zero attached hydrogens (tertiary/aromatic N) is 16. The molecule has 19 rings (SSSR count). The number of carbonyl (C=O) groups excluding carboxylic acids is 2. The Kier molecular flexibility index (Phi) is 34.7. The van der Waals surface area contributed by atoms with Gasteiger partial charge in [0.2, 0.25) is 33.3 Å². The number of carbonyl (C=O) groups is 2. The summed E-state index contributed by atoms with van der Waals surface area (Å²) < 4.78 is 97.1. The predicted molar refractivity (Wildman–Crippen MR) is 561 cm³/mol. The van der Waals surface area contributed by atoms with Crippen molar-refractivity contribution in [2.24, 2.45) is 11.8 Å². The van der Waals surface area contributed by atoms with Crippen LogP contribution in [-0.2, 0) is 45.5 Å². The summed E-state index contributed by atoms with van der Waals surface area (Å²) in [4.78, 5) is 52.9. The number of ether oxygens (including phenoxy) is 4. The molecule has 34 nitrogen and oxygen atoms in total. The van der Waals surface area contributed by atoms with Gasteiger partial charge in [0, 0.05) is 115 Å². The van der Waals surface area contributed by atoms with Crippen LogP contribution in [0, 0.1) is 57.2 Å². The Morgan fingerprint density at radius 1 is 0.419 bits per heavy atom. The van der Waals surface area contributed by atoms with E-state index in [2.05, 4.69) is 141 Å². The van der Waals surface area contributed by atoms with Gasteiger partial charge in [-0.05, 0) is 308 Å². The predicted octanol–water partition coefficient (Wildman–Crippen LogP) is 19.4. The normalized spacial score (nSPS) is 18.1. The molecule has 3 fully saturated rings. The zero-order valence-electron chi connectivity index (χ0n) is 86.3. The number of sulfone groups is 1. The average molecular weight is 2040 g/mol. The first-order valence-electron chi connectivity index (χ1n) is 51.3. The van der Waals surface area contributed by atoms with Gasteiger partial charge in [0.05, 0.1) is 70.3 Å². The van der Waals surface area contributed by atoms with E-state index < -0.39 is 19.9 Å². The van der Waals surface area contributed by atoms with E-state index in [1.54, 1.807) is 60.7 Å². The minimum Gasteiger partial charge on any atom is -0.490 e. The van der Waals surface area contributed by atoms with Gasteiger partial charge in [-0.3, -0.25) is 0 Å². The lowest BCUT2D eigenvalue weighted by atomic mass is 9.84. The fourth-order valence-electron chi connectivity index (χ4n) is 20.3. The summed E-state index contributed by atoms with van der Waals surface area (Å²) in [7, 11) is -2.32. The maximum absolute atomic E-state index is 13.1. The summed E-state index contributed by atoms with van der Waals surface area (Å²) in [6.07, 6.45) is 16.1. The number of benzene rings is 8. The zero-order valence-corrected chi connectivity index (χ0v) is 87.9. The summed E-state index contributed by atoms with van der Waals surface area (Å²) in [5.41, 5.74) is 16.6. The SMILES string of the molecule is CC(C)Oc1ccc(-c2nc(-c3cccc4c3CCC[C@H]4NC(=O)N3CC[C@@H](N(C)C)C3)no2)cc1C#N.CC(C)Oc1ccc(-c2nc(-c3cccc4c3CCC[C@H]4NCCS(C)(=O)=O)no2)cc1C#N.CC(C)Oc1ccc(-c2nc(-c3cccc4c3CCC[C@H]4NS(=O)(=O)CCN3CC[C@@H](C)C3)no2)cc1C#N.CC1CCN(C(=O)N[C@@H]2CCCc3c(-c4noc(-c5ccc(OC(C)C)c(C#N)c5)n4)cccc32)CC1. The van der Waals surface area contributed by atoms with Crippen molar-refractivity contribution in [3.05, 3.63) is 212 Å². The van der Waals surface area contributed by atoms with E-state index in [0.717, 1.165) is 209 Å². The fourth-order valence-corrected chi connectivity index (χ4v) is 22.1. The van der Waals surface area contributed by atoms with Gasteiger partial charge >= 0.3 is 12.1 Å². The number of nitrogens with one attached hydrogen (secondary N) is 4. The van der Waals surface area contributed by atoms with Crippen LogP contribution < -0.4 is 39.6 Å². The Balaban J connectivity index is 0.000000141. The Labute approximate surface area is 865 Å². The number of aromatic nitrogens is 8. The van der Waals surface area contributed by atoms with Crippen molar-refractivity contribution >= 4 is 31.9 Å². The van der Waals surface area contributed by atoms with Gasteiger partial charge in [0.1, 0.15) is 57.1 Å². The van der Waals surface area contributed by atoms with E-state index in [0.29, 0.717) is 145 Å². The highest BCUT2D eigenvalue weighted by Crippen LogP contribution is 2.44. The molecule has 4 amide bonds. The lowest BCUT2D eigenvalue weighted by Crippen LogP contribution is -2.45. The van der Waals surface area contributed by atoms with E-state index in [1.165, 1.54) is 6.26 Å².